The van der Waals surface area contributed by atoms with Gasteiger partial charge in [0.1, 0.15) is 17.1 Å². The molecule has 9 rings (SSSR count). The summed E-state index contributed by atoms with van der Waals surface area (Å²) in [6.07, 6.45) is 11.7. The van der Waals surface area contributed by atoms with Gasteiger partial charge in [-0.05, 0) is 101 Å². The number of aromatic nitrogens is 6. The molecule has 5 aromatic rings. The summed E-state index contributed by atoms with van der Waals surface area (Å²) < 4.78 is 19.7. The zero-order valence-corrected chi connectivity index (χ0v) is 34.5. The molecule has 0 bridgehead atoms. The maximum absolute atomic E-state index is 16.2. The normalized spacial score (nSPS) is 19.4. The second kappa shape index (κ2) is 16.0. The van der Waals surface area contributed by atoms with E-state index in [4.69, 9.17) is 4.98 Å². The number of halogens is 1. The lowest BCUT2D eigenvalue weighted by molar-refractivity contribution is -0.120. The Morgan fingerprint density at radius 2 is 1.70 bits per heavy atom. The largest absolute Gasteiger partial charge is 0.370 e. The molecule has 0 radical (unpaired) electrons. The van der Waals surface area contributed by atoms with Gasteiger partial charge in [-0.3, -0.25) is 33.8 Å². The van der Waals surface area contributed by atoms with E-state index in [2.05, 4.69) is 35.5 Å². The lowest BCUT2D eigenvalue weighted by Gasteiger charge is -2.44. The minimum Gasteiger partial charge on any atom is -0.370 e. The van der Waals surface area contributed by atoms with E-state index in [1.165, 1.54) is 11.8 Å². The number of hydrogen-bond acceptors (Lipinski definition) is 11. The fourth-order valence-corrected chi connectivity index (χ4v) is 9.87. The predicted molar refractivity (Wildman–Crippen MR) is 228 cm³/mol. The van der Waals surface area contributed by atoms with E-state index in [9.17, 15) is 19.2 Å². The number of piperidine rings is 2. The first-order valence-corrected chi connectivity index (χ1v) is 21.4. The van der Waals surface area contributed by atoms with Crippen LogP contribution in [0.1, 0.15) is 98.7 Å². The van der Waals surface area contributed by atoms with Crippen molar-refractivity contribution in [3.8, 4) is 0 Å². The van der Waals surface area contributed by atoms with Crippen molar-refractivity contribution in [1.82, 2.24) is 39.5 Å². The van der Waals surface area contributed by atoms with Crippen LogP contribution in [0.3, 0.4) is 0 Å². The number of ketones is 1. The minimum atomic E-state index is -1.21. The molecule has 1 aromatic carbocycles. The van der Waals surface area contributed by atoms with E-state index in [0.717, 1.165) is 86.9 Å². The van der Waals surface area contributed by atoms with Crippen LogP contribution in [0.4, 0.5) is 32.5 Å². The van der Waals surface area contributed by atoms with Crippen molar-refractivity contribution in [3.63, 3.8) is 0 Å². The number of carbonyl (C=O) groups excluding carboxylic acids is 3. The van der Waals surface area contributed by atoms with Gasteiger partial charge in [-0.1, -0.05) is 18.9 Å². The number of benzene rings is 1. The van der Waals surface area contributed by atoms with Crippen LogP contribution in [-0.4, -0.2) is 96.4 Å². The van der Waals surface area contributed by atoms with Crippen LogP contribution in [0.15, 0.2) is 47.5 Å². The van der Waals surface area contributed by atoms with Crippen LogP contribution in [0.25, 0.3) is 21.9 Å². The van der Waals surface area contributed by atoms with Gasteiger partial charge < -0.3 is 15.1 Å². The summed E-state index contributed by atoms with van der Waals surface area (Å²) in [7, 11) is 1.83. The molecule has 0 spiro atoms. The Bertz CT molecular complexity index is 2530. The maximum atomic E-state index is 16.2. The lowest BCUT2D eigenvalue weighted by Crippen LogP contribution is -2.50. The number of amides is 3. The number of likely N-dealkylation sites (tertiary alicyclic amines) is 1. The van der Waals surface area contributed by atoms with E-state index in [1.807, 2.05) is 43.6 Å². The summed E-state index contributed by atoms with van der Waals surface area (Å²) in [5, 5.41) is 11.7. The first kappa shape index (κ1) is 39.7. The number of pyridine rings is 2. The first-order valence-electron chi connectivity index (χ1n) is 21.4. The van der Waals surface area contributed by atoms with Crippen molar-refractivity contribution >= 4 is 62.9 Å². The van der Waals surface area contributed by atoms with Crippen LogP contribution in [0.2, 0.25) is 0 Å². The molecular weight excluding hydrogens is 766 g/mol. The summed E-state index contributed by atoms with van der Waals surface area (Å²) in [4.78, 5) is 70.5. The number of carbonyl (C=O) groups is 3. The van der Waals surface area contributed by atoms with Crippen LogP contribution in [0, 0.1) is 6.92 Å². The van der Waals surface area contributed by atoms with E-state index in [-0.39, 0.29) is 41.8 Å². The van der Waals surface area contributed by atoms with Gasteiger partial charge in [0, 0.05) is 75.2 Å². The zero-order valence-electron chi connectivity index (χ0n) is 34.5. The molecule has 4 aliphatic rings. The average molecular weight is 818 g/mol. The Kier molecular flexibility index (Phi) is 10.6. The van der Waals surface area contributed by atoms with E-state index in [0.29, 0.717) is 65.9 Å². The summed E-state index contributed by atoms with van der Waals surface area (Å²) in [6, 6.07) is 9.91. The molecule has 60 heavy (non-hydrogen) atoms. The monoisotopic (exact) mass is 817 g/mol. The third kappa shape index (κ3) is 7.61. The average Bonchev–Trinajstić information content (AvgIpc) is 3.89. The molecule has 0 unspecified atom stereocenters. The number of imide groups is 1. The summed E-state index contributed by atoms with van der Waals surface area (Å²) >= 11 is 0. The van der Waals surface area contributed by atoms with Crippen LogP contribution >= 0.6 is 0 Å². The lowest BCUT2D eigenvalue weighted by atomic mass is 9.86. The van der Waals surface area contributed by atoms with Gasteiger partial charge in [-0.15, -0.1) is 0 Å². The zero-order chi connectivity index (χ0) is 41.7. The number of Topliss-reactive ketones (excluding diaryl/α,β-unsaturated/α-hetero) is 1. The van der Waals surface area contributed by atoms with Crippen LogP contribution in [0.5, 0.6) is 0 Å². The van der Waals surface area contributed by atoms with Gasteiger partial charge in [0.05, 0.1) is 23.0 Å². The highest BCUT2D eigenvalue weighted by Gasteiger charge is 2.37. The summed E-state index contributed by atoms with van der Waals surface area (Å²) in [6.45, 7) is 6.80. The van der Waals surface area contributed by atoms with Crippen molar-refractivity contribution in [2.75, 3.05) is 47.8 Å². The first-order chi connectivity index (χ1) is 28.9. The molecule has 4 fully saturated rings. The van der Waals surface area contributed by atoms with E-state index >= 15 is 4.39 Å². The summed E-state index contributed by atoms with van der Waals surface area (Å²) in [5.74, 6) is 0.934. The number of fused-ring (bicyclic) bond motifs is 2. The smallest absolute Gasteiger partial charge is 0.329 e. The molecule has 4 aromatic heterocycles. The molecule has 16 heteroatoms. The highest BCUT2D eigenvalue weighted by atomic mass is 19.1. The molecule has 3 aliphatic heterocycles. The third-order valence-corrected chi connectivity index (χ3v) is 13.3. The van der Waals surface area contributed by atoms with Gasteiger partial charge >= 0.3 is 6.03 Å². The second-order valence-corrected chi connectivity index (χ2v) is 17.1. The van der Waals surface area contributed by atoms with Gasteiger partial charge in [-0.25, -0.2) is 19.2 Å². The number of alkyl halides is 1. The van der Waals surface area contributed by atoms with Gasteiger partial charge in [0.2, 0.25) is 11.9 Å². The number of hydrogen-bond donors (Lipinski definition) is 2. The standard InChI is InChI=1S/C44H52FN11O4/c1-27-34-26-47-42(50-39(34)56(31-6-4-5-7-31)41(59)38(27)28(2)57)48-36-11-9-32(25-46-36)53-19-13-30(14-20-53)54-22-17-44(45,18-23-54)16-12-29-8-10-33-35(24-29)52(3)51-40(33)55-21-15-37(58)49-43(55)60/h8-11,24-26,30-31H,4-7,12-23H2,1-3H3,(H,49,58,60)(H,46,47,48,50). The van der Waals surface area contributed by atoms with Gasteiger partial charge in [-0.2, -0.15) is 10.1 Å². The minimum absolute atomic E-state index is 0.00635. The Labute approximate surface area is 347 Å². The van der Waals surface area contributed by atoms with Crippen molar-refractivity contribution < 1.29 is 18.8 Å². The number of anilines is 4. The molecule has 1 aliphatic carbocycles. The molecule has 0 atom stereocenters. The quantitative estimate of drug-likeness (QED) is 0.152. The molecule has 15 nitrogen and oxygen atoms in total. The molecule has 3 amide bonds. The Morgan fingerprint density at radius 3 is 2.40 bits per heavy atom. The molecule has 314 valence electrons. The highest BCUT2D eigenvalue weighted by Crippen LogP contribution is 2.36. The van der Waals surface area contributed by atoms with Crippen LogP contribution < -0.4 is 26.0 Å². The molecule has 1 saturated carbocycles. The molecule has 3 saturated heterocycles. The Morgan fingerprint density at radius 1 is 0.933 bits per heavy atom. The van der Waals surface area contributed by atoms with Gasteiger partial charge in [0.15, 0.2) is 11.6 Å². The van der Waals surface area contributed by atoms with Crippen molar-refractivity contribution in [2.24, 2.45) is 7.05 Å². The predicted octanol–water partition coefficient (Wildman–Crippen LogP) is 6.29. The Balaban J connectivity index is 0.774. The number of rotatable bonds is 10. The maximum Gasteiger partial charge on any atom is 0.329 e. The van der Waals surface area contributed by atoms with Crippen molar-refractivity contribution in [3.05, 3.63) is 69.8 Å². The number of nitrogens with one attached hydrogen (secondary N) is 2. The number of urea groups is 1. The highest BCUT2D eigenvalue weighted by molar-refractivity contribution is 6.09. The van der Waals surface area contributed by atoms with Crippen molar-refractivity contribution in [2.45, 2.75) is 102 Å². The fraction of sp³-hybridized carbons (Fsp3) is 0.500. The second-order valence-electron chi connectivity index (χ2n) is 17.1. The van der Waals surface area contributed by atoms with E-state index < -0.39 is 11.7 Å². The molecule has 2 N–H and O–H groups in total. The summed E-state index contributed by atoms with van der Waals surface area (Å²) in [5.41, 5.74) is 2.82. The fourth-order valence-electron chi connectivity index (χ4n) is 9.87. The Hall–Kier alpha value is -5.77. The van der Waals surface area contributed by atoms with Crippen LogP contribution in [-0.2, 0) is 18.3 Å². The topological polar surface area (TPSA) is 163 Å². The number of aryl methyl sites for hydroxylation is 3. The molecular formula is C44H52FN11O4. The number of nitrogens with zero attached hydrogens (tertiary/aromatic N) is 9. The van der Waals surface area contributed by atoms with E-state index in [1.54, 1.807) is 22.4 Å². The molecule has 7 heterocycles. The third-order valence-electron chi connectivity index (χ3n) is 13.3. The SMILES string of the molecule is CC(=O)c1c(C)c2cnc(Nc3ccc(N4CCC(N5CCC(F)(CCc6ccc7c(N8CCC(=O)NC8=O)nn(C)c7c6)CC5)CC4)cn3)nc2n(C2CCCC2)c1=O. The van der Waals surface area contributed by atoms with Crippen molar-refractivity contribution in [1.29, 1.82) is 0 Å². The van der Waals surface area contributed by atoms with Gasteiger partial charge in [0.25, 0.3) is 5.56 Å².